The molecule has 1 unspecified atom stereocenters. The third kappa shape index (κ3) is 8.82. The molecule has 0 spiro atoms. The summed E-state index contributed by atoms with van der Waals surface area (Å²) in [5.74, 6) is 1.19. The largest absolute Gasteiger partial charge is 0.357 e. The Kier molecular flexibility index (Phi) is 8.42. The van der Waals surface area contributed by atoms with Gasteiger partial charge in [-0.1, -0.05) is 20.8 Å². The van der Waals surface area contributed by atoms with E-state index >= 15 is 0 Å². The van der Waals surface area contributed by atoms with Crippen LogP contribution in [0.1, 0.15) is 66.7 Å². The summed E-state index contributed by atoms with van der Waals surface area (Å²) >= 11 is 0. The second kappa shape index (κ2) is 9.78. The van der Waals surface area contributed by atoms with Crippen LogP contribution in [-0.4, -0.2) is 49.0 Å². The molecule has 0 saturated carbocycles. The molecule has 1 amide bonds. The van der Waals surface area contributed by atoms with Crippen molar-refractivity contribution in [1.82, 2.24) is 15.5 Å². The Bertz CT molecular complexity index is 387. The summed E-state index contributed by atoms with van der Waals surface area (Å²) in [6, 6.07) is 0.409. The van der Waals surface area contributed by atoms with Crippen molar-refractivity contribution in [2.75, 3.05) is 26.2 Å². The first kappa shape index (κ1) is 19.8. The predicted molar refractivity (Wildman–Crippen MR) is 97.7 cm³/mol. The number of guanidine groups is 1. The molecule has 134 valence electrons. The molecule has 1 aliphatic heterocycles. The van der Waals surface area contributed by atoms with E-state index in [1.54, 1.807) is 0 Å². The number of hydrogen-bond acceptors (Lipinski definition) is 2. The van der Waals surface area contributed by atoms with Crippen LogP contribution in [0, 0.1) is 5.41 Å². The molecule has 1 aliphatic rings. The van der Waals surface area contributed by atoms with Gasteiger partial charge in [0, 0.05) is 38.6 Å². The first-order valence-corrected chi connectivity index (χ1v) is 9.14. The van der Waals surface area contributed by atoms with Crippen LogP contribution in [0.2, 0.25) is 0 Å². The molecule has 5 heteroatoms. The van der Waals surface area contributed by atoms with Crippen molar-refractivity contribution in [3.8, 4) is 0 Å². The maximum Gasteiger partial charge on any atom is 0.222 e. The molecule has 0 aromatic rings. The van der Waals surface area contributed by atoms with Crippen LogP contribution >= 0.6 is 0 Å². The quantitative estimate of drug-likeness (QED) is 0.410. The smallest absolute Gasteiger partial charge is 0.222 e. The second-order valence-corrected chi connectivity index (χ2v) is 7.74. The minimum Gasteiger partial charge on any atom is -0.357 e. The SMILES string of the molecule is CCNC(=NCCCN1CCCC1=O)NC(C)CCC(C)(C)C. The normalized spacial score (nSPS) is 17.5. The maximum atomic E-state index is 11.6. The molecule has 2 N–H and O–H groups in total. The third-order valence-corrected chi connectivity index (χ3v) is 4.08. The summed E-state index contributed by atoms with van der Waals surface area (Å²) in [5, 5.41) is 6.79. The van der Waals surface area contributed by atoms with Crippen LogP contribution in [0.25, 0.3) is 0 Å². The number of carbonyl (C=O) groups excluding carboxylic acids is 1. The Morgan fingerprint density at radius 2 is 2.13 bits per heavy atom. The third-order valence-electron chi connectivity index (χ3n) is 4.08. The Balaban J connectivity index is 2.32. The number of amides is 1. The molecule has 0 bridgehead atoms. The van der Waals surface area contributed by atoms with Crippen molar-refractivity contribution in [2.24, 2.45) is 10.4 Å². The van der Waals surface area contributed by atoms with Crippen LogP contribution in [-0.2, 0) is 4.79 Å². The van der Waals surface area contributed by atoms with E-state index in [9.17, 15) is 4.79 Å². The van der Waals surface area contributed by atoms with Gasteiger partial charge in [0.1, 0.15) is 0 Å². The average Bonchev–Trinajstić information content (AvgIpc) is 2.86. The number of nitrogens with one attached hydrogen (secondary N) is 2. The van der Waals surface area contributed by atoms with Crippen molar-refractivity contribution in [1.29, 1.82) is 0 Å². The van der Waals surface area contributed by atoms with Gasteiger partial charge in [0.05, 0.1) is 0 Å². The fourth-order valence-electron chi connectivity index (χ4n) is 2.67. The van der Waals surface area contributed by atoms with Crippen LogP contribution in [0.3, 0.4) is 0 Å². The van der Waals surface area contributed by atoms with Crippen LogP contribution in [0.15, 0.2) is 4.99 Å². The lowest BCUT2D eigenvalue weighted by atomic mass is 9.89. The van der Waals surface area contributed by atoms with Crippen molar-refractivity contribution in [3.63, 3.8) is 0 Å². The van der Waals surface area contributed by atoms with Gasteiger partial charge in [0.2, 0.25) is 5.91 Å². The van der Waals surface area contributed by atoms with Crippen molar-refractivity contribution in [3.05, 3.63) is 0 Å². The summed E-state index contributed by atoms with van der Waals surface area (Å²) in [6.07, 6.45) is 4.99. The zero-order valence-electron chi connectivity index (χ0n) is 15.7. The van der Waals surface area contributed by atoms with Gasteiger partial charge in [-0.25, -0.2) is 0 Å². The van der Waals surface area contributed by atoms with Crippen LogP contribution in [0.4, 0.5) is 0 Å². The van der Waals surface area contributed by atoms with E-state index in [0.717, 1.165) is 57.8 Å². The topological polar surface area (TPSA) is 56.7 Å². The first-order valence-electron chi connectivity index (χ1n) is 9.14. The second-order valence-electron chi connectivity index (χ2n) is 7.74. The molecule has 0 aliphatic carbocycles. The van der Waals surface area contributed by atoms with E-state index in [1.165, 1.54) is 6.42 Å². The number of aliphatic imine (C=N–C) groups is 1. The van der Waals surface area contributed by atoms with E-state index in [2.05, 4.69) is 50.2 Å². The monoisotopic (exact) mass is 324 g/mol. The fourth-order valence-corrected chi connectivity index (χ4v) is 2.67. The lowest BCUT2D eigenvalue weighted by molar-refractivity contribution is -0.127. The molecule has 23 heavy (non-hydrogen) atoms. The van der Waals surface area contributed by atoms with Crippen molar-refractivity contribution in [2.45, 2.75) is 72.8 Å². The molecular weight excluding hydrogens is 288 g/mol. The number of nitrogens with zero attached hydrogens (tertiary/aromatic N) is 2. The van der Waals surface area contributed by atoms with Crippen LogP contribution < -0.4 is 10.6 Å². The molecule has 0 aromatic carbocycles. The Morgan fingerprint density at radius 1 is 1.39 bits per heavy atom. The van der Waals surface area contributed by atoms with Crippen molar-refractivity contribution >= 4 is 11.9 Å². The average molecular weight is 325 g/mol. The molecule has 5 nitrogen and oxygen atoms in total. The van der Waals surface area contributed by atoms with Gasteiger partial charge >= 0.3 is 0 Å². The van der Waals surface area contributed by atoms with Gasteiger partial charge in [0.15, 0.2) is 5.96 Å². The summed E-state index contributed by atoms with van der Waals surface area (Å²) in [6.45, 7) is 14.5. The van der Waals surface area contributed by atoms with Crippen LogP contribution in [0.5, 0.6) is 0 Å². The highest BCUT2D eigenvalue weighted by Gasteiger charge is 2.19. The van der Waals surface area contributed by atoms with Gasteiger partial charge in [0.25, 0.3) is 0 Å². The standard InChI is InChI=1S/C18H36N4O/c1-6-19-17(21-15(2)10-11-18(3,4)5)20-12-8-14-22-13-7-9-16(22)23/h15H,6-14H2,1-5H3,(H2,19,20,21). The Hall–Kier alpha value is -1.26. The summed E-state index contributed by atoms with van der Waals surface area (Å²) < 4.78 is 0. The molecule has 1 atom stereocenters. The van der Waals surface area contributed by atoms with Gasteiger partial charge in [-0.15, -0.1) is 0 Å². The lowest BCUT2D eigenvalue weighted by Crippen LogP contribution is -2.42. The number of rotatable bonds is 8. The highest BCUT2D eigenvalue weighted by Crippen LogP contribution is 2.21. The predicted octanol–water partition coefficient (Wildman–Crippen LogP) is 2.77. The van der Waals surface area contributed by atoms with Gasteiger partial charge in [-0.05, 0) is 44.9 Å². The van der Waals surface area contributed by atoms with E-state index in [-0.39, 0.29) is 0 Å². The van der Waals surface area contributed by atoms with Gasteiger partial charge < -0.3 is 15.5 Å². The van der Waals surface area contributed by atoms with E-state index in [4.69, 9.17) is 0 Å². The number of likely N-dealkylation sites (tertiary alicyclic amines) is 1. The molecule has 0 radical (unpaired) electrons. The first-order chi connectivity index (χ1) is 10.8. The molecule has 1 rings (SSSR count). The summed E-state index contributed by atoms with van der Waals surface area (Å²) in [7, 11) is 0. The number of carbonyl (C=O) groups is 1. The lowest BCUT2D eigenvalue weighted by Gasteiger charge is -2.23. The van der Waals surface area contributed by atoms with E-state index < -0.39 is 0 Å². The molecule has 1 heterocycles. The van der Waals surface area contributed by atoms with Crippen molar-refractivity contribution < 1.29 is 4.79 Å². The maximum absolute atomic E-state index is 11.6. The minimum absolute atomic E-state index is 0.301. The fraction of sp³-hybridized carbons (Fsp3) is 0.889. The zero-order valence-corrected chi connectivity index (χ0v) is 15.7. The summed E-state index contributed by atoms with van der Waals surface area (Å²) in [4.78, 5) is 18.2. The van der Waals surface area contributed by atoms with Gasteiger partial charge in [-0.2, -0.15) is 0 Å². The Morgan fingerprint density at radius 3 is 2.70 bits per heavy atom. The number of hydrogen-bond donors (Lipinski definition) is 2. The summed E-state index contributed by atoms with van der Waals surface area (Å²) in [5.41, 5.74) is 0.369. The van der Waals surface area contributed by atoms with E-state index in [1.807, 2.05) is 4.90 Å². The Labute approximate surface area is 142 Å². The highest BCUT2D eigenvalue weighted by atomic mass is 16.2. The highest BCUT2D eigenvalue weighted by molar-refractivity contribution is 5.80. The molecular formula is C18H36N4O. The molecule has 1 fully saturated rings. The van der Waals surface area contributed by atoms with E-state index in [0.29, 0.717) is 17.4 Å². The minimum atomic E-state index is 0.301. The zero-order chi connectivity index (χ0) is 17.3. The molecule has 0 aromatic heterocycles. The van der Waals surface area contributed by atoms with Gasteiger partial charge in [-0.3, -0.25) is 9.79 Å². The molecule has 1 saturated heterocycles.